The number of aromatic nitrogens is 1. The van der Waals surface area contributed by atoms with Crippen molar-refractivity contribution < 1.29 is 19.1 Å². The van der Waals surface area contributed by atoms with Crippen LogP contribution in [-0.4, -0.2) is 70.8 Å². The fourth-order valence-electron chi connectivity index (χ4n) is 6.21. The van der Waals surface area contributed by atoms with E-state index in [-0.39, 0.29) is 30.2 Å². The quantitative estimate of drug-likeness (QED) is 0.638. The average Bonchev–Trinajstić information content (AvgIpc) is 3.16. The summed E-state index contributed by atoms with van der Waals surface area (Å²) >= 11 is 0. The van der Waals surface area contributed by atoms with Crippen molar-refractivity contribution in [1.29, 1.82) is 0 Å². The monoisotopic (exact) mass is 519 g/mol. The molecule has 5 heterocycles. The summed E-state index contributed by atoms with van der Waals surface area (Å²) in [6.07, 6.45) is 3.36. The van der Waals surface area contributed by atoms with Crippen LogP contribution in [0, 0.1) is 0 Å². The van der Waals surface area contributed by atoms with Gasteiger partial charge in [0, 0.05) is 62.4 Å². The summed E-state index contributed by atoms with van der Waals surface area (Å²) in [5, 5.41) is 3.22. The molecule has 2 saturated heterocycles. The van der Waals surface area contributed by atoms with Crippen LogP contribution in [0.5, 0.6) is 5.75 Å². The third-order valence-electron chi connectivity index (χ3n) is 7.98. The maximum atomic E-state index is 13.2. The Kier molecular flexibility index (Phi) is 6.32. The number of likely N-dealkylation sites (tertiary alicyclic amines) is 1. The van der Waals surface area contributed by atoms with Gasteiger partial charge in [-0.25, -0.2) is 14.6 Å². The molecule has 3 amide bonds. The van der Waals surface area contributed by atoms with Crippen molar-refractivity contribution in [3.05, 3.63) is 53.2 Å². The van der Waals surface area contributed by atoms with Gasteiger partial charge in [-0.1, -0.05) is 24.3 Å². The van der Waals surface area contributed by atoms with Gasteiger partial charge in [-0.15, -0.1) is 0 Å². The fourth-order valence-corrected chi connectivity index (χ4v) is 6.21. The predicted molar refractivity (Wildman–Crippen MR) is 143 cm³/mol. The SMILES string of the molecule is CC(C)(C)OC(=O)N1CC2CCC(C1)N2c1ccc2c(n1)CCN(C(=O)N[C@H]1CCOc3ccccc31)C2. The van der Waals surface area contributed by atoms with Crippen LogP contribution in [0.2, 0.25) is 0 Å². The number of hydrogen-bond acceptors (Lipinski definition) is 6. The Labute approximate surface area is 224 Å². The largest absolute Gasteiger partial charge is 0.493 e. The van der Waals surface area contributed by atoms with E-state index in [2.05, 4.69) is 22.3 Å². The van der Waals surface area contributed by atoms with Crippen molar-refractivity contribution in [2.45, 2.75) is 76.7 Å². The molecule has 1 N–H and O–H groups in total. The first-order valence-electron chi connectivity index (χ1n) is 13.8. The molecule has 6 rings (SSSR count). The minimum atomic E-state index is -0.493. The Hall–Kier alpha value is -3.49. The third kappa shape index (κ3) is 4.86. The molecule has 3 atom stereocenters. The molecule has 38 heavy (non-hydrogen) atoms. The van der Waals surface area contributed by atoms with Gasteiger partial charge >= 0.3 is 12.1 Å². The van der Waals surface area contributed by atoms with E-state index in [1.165, 1.54) is 0 Å². The Morgan fingerprint density at radius 3 is 2.55 bits per heavy atom. The number of piperazine rings is 1. The molecule has 0 aliphatic carbocycles. The Balaban J connectivity index is 1.10. The van der Waals surface area contributed by atoms with Crippen LogP contribution in [0.4, 0.5) is 15.4 Å². The second kappa shape index (κ2) is 9.67. The summed E-state index contributed by atoms with van der Waals surface area (Å²) in [4.78, 5) is 37.0. The molecule has 9 heteroatoms. The summed E-state index contributed by atoms with van der Waals surface area (Å²) in [7, 11) is 0. The van der Waals surface area contributed by atoms with E-state index in [9.17, 15) is 9.59 Å². The number of nitrogens with one attached hydrogen (secondary N) is 1. The van der Waals surface area contributed by atoms with E-state index in [1.54, 1.807) is 0 Å². The van der Waals surface area contributed by atoms with E-state index in [1.807, 2.05) is 54.8 Å². The lowest BCUT2D eigenvalue weighted by Gasteiger charge is -2.42. The zero-order valence-corrected chi connectivity index (χ0v) is 22.5. The Morgan fingerprint density at radius 1 is 1.03 bits per heavy atom. The normalized spacial score (nSPS) is 24.3. The maximum Gasteiger partial charge on any atom is 0.410 e. The molecule has 0 radical (unpaired) electrons. The maximum absolute atomic E-state index is 13.2. The Morgan fingerprint density at radius 2 is 1.79 bits per heavy atom. The first-order chi connectivity index (χ1) is 18.2. The number of para-hydroxylation sites is 1. The van der Waals surface area contributed by atoms with Crippen LogP contribution < -0.4 is 15.0 Å². The zero-order valence-electron chi connectivity index (χ0n) is 22.5. The van der Waals surface area contributed by atoms with E-state index in [0.29, 0.717) is 32.8 Å². The number of carbonyl (C=O) groups excluding carboxylic acids is 2. The van der Waals surface area contributed by atoms with Crippen LogP contribution in [0.3, 0.4) is 0 Å². The van der Waals surface area contributed by atoms with Crippen LogP contribution in [0.1, 0.15) is 62.9 Å². The van der Waals surface area contributed by atoms with Gasteiger partial charge in [0.25, 0.3) is 0 Å². The highest BCUT2D eigenvalue weighted by Crippen LogP contribution is 2.36. The lowest BCUT2D eigenvalue weighted by Crippen LogP contribution is -2.56. The first kappa shape index (κ1) is 24.8. The smallest absolute Gasteiger partial charge is 0.410 e. The van der Waals surface area contributed by atoms with E-state index >= 15 is 0 Å². The number of hydrogen-bond donors (Lipinski definition) is 1. The number of benzene rings is 1. The van der Waals surface area contributed by atoms with E-state index in [0.717, 1.165) is 54.1 Å². The van der Waals surface area contributed by atoms with Crippen molar-refractivity contribution in [3.8, 4) is 5.75 Å². The van der Waals surface area contributed by atoms with E-state index < -0.39 is 5.60 Å². The summed E-state index contributed by atoms with van der Waals surface area (Å²) < 4.78 is 11.4. The van der Waals surface area contributed by atoms with Gasteiger partial charge in [-0.2, -0.15) is 0 Å². The highest BCUT2D eigenvalue weighted by molar-refractivity contribution is 5.75. The topological polar surface area (TPSA) is 87.2 Å². The van der Waals surface area contributed by atoms with Crippen molar-refractivity contribution in [1.82, 2.24) is 20.1 Å². The van der Waals surface area contributed by atoms with Crippen molar-refractivity contribution in [2.24, 2.45) is 0 Å². The molecule has 202 valence electrons. The van der Waals surface area contributed by atoms with Crippen molar-refractivity contribution >= 4 is 17.9 Å². The molecule has 1 aromatic carbocycles. The van der Waals surface area contributed by atoms with Gasteiger partial charge in [0.2, 0.25) is 0 Å². The number of ether oxygens (including phenoxy) is 2. The number of urea groups is 1. The minimum absolute atomic E-state index is 0.0378. The van der Waals surface area contributed by atoms with Gasteiger partial charge in [-0.3, -0.25) is 0 Å². The standard InChI is InChI=1S/C29H37N5O4/c1-29(2,3)38-28(36)33-17-20-9-10-21(18-33)34(20)26-11-8-19-16-32(14-12-23(19)30-26)27(35)31-24-13-15-37-25-7-5-4-6-22(24)25/h4-8,11,20-21,24H,9-10,12-18H2,1-3H3,(H,31,35)/t20?,21?,24-/m0/s1. The van der Waals surface area contributed by atoms with Crippen LogP contribution in [-0.2, 0) is 17.7 Å². The number of fused-ring (bicyclic) bond motifs is 4. The molecule has 2 aromatic rings. The van der Waals surface area contributed by atoms with Crippen LogP contribution >= 0.6 is 0 Å². The second-order valence-electron chi connectivity index (χ2n) is 11.8. The molecule has 2 unspecified atom stereocenters. The summed E-state index contributed by atoms with van der Waals surface area (Å²) in [5.41, 5.74) is 2.71. The minimum Gasteiger partial charge on any atom is -0.493 e. The average molecular weight is 520 g/mol. The van der Waals surface area contributed by atoms with Crippen LogP contribution in [0.15, 0.2) is 36.4 Å². The molecule has 2 fully saturated rings. The third-order valence-corrected chi connectivity index (χ3v) is 7.98. The molecule has 1 aromatic heterocycles. The number of amides is 3. The number of nitrogens with zero attached hydrogens (tertiary/aromatic N) is 4. The summed E-state index contributed by atoms with van der Waals surface area (Å²) in [6, 6.07) is 12.6. The van der Waals surface area contributed by atoms with Gasteiger partial charge in [0.1, 0.15) is 17.2 Å². The molecular weight excluding hydrogens is 482 g/mol. The Bertz CT molecular complexity index is 1210. The summed E-state index contributed by atoms with van der Waals surface area (Å²) in [6.45, 7) is 8.83. The van der Waals surface area contributed by atoms with Gasteiger partial charge in [0.05, 0.1) is 12.6 Å². The summed E-state index contributed by atoms with van der Waals surface area (Å²) in [5.74, 6) is 1.84. The van der Waals surface area contributed by atoms with Crippen molar-refractivity contribution in [2.75, 3.05) is 31.1 Å². The zero-order chi connectivity index (χ0) is 26.4. The number of rotatable bonds is 2. The van der Waals surface area contributed by atoms with Gasteiger partial charge < -0.3 is 29.5 Å². The molecular formula is C29H37N5O4. The fraction of sp³-hybridized carbons (Fsp3) is 0.552. The highest BCUT2D eigenvalue weighted by Gasteiger charge is 2.43. The predicted octanol–water partition coefficient (Wildman–Crippen LogP) is 4.26. The van der Waals surface area contributed by atoms with E-state index in [4.69, 9.17) is 14.5 Å². The number of pyridine rings is 1. The molecule has 0 spiro atoms. The molecule has 0 saturated carbocycles. The molecule has 4 aliphatic heterocycles. The van der Waals surface area contributed by atoms with Crippen LogP contribution in [0.25, 0.3) is 0 Å². The lowest BCUT2D eigenvalue weighted by molar-refractivity contribution is 0.0209. The lowest BCUT2D eigenvalue weighted by atomic mass is 10.0. The van der Waals surface area contributed by atoms with Crippen molar-refractivity contribution in [3.63, 3.8) is 0 Å². The first-order valence-corrected chi connectivity index (χ1v) is 13.8. The second-order valence-corrected chi connectivity index (χ2v) is 11.8. The number of carbonyl (C=O) groups is 2. The van der Waals surface area contributed by atoms with Gasteiger partial charge in [0.15, 0.2) is 0 Å². The van der Waals surface area contributed by atoms with Gasteiger partial charge in [-0.05, 0) is 51.3 Å². The molecule has 9 nitrogen and oxygen atoms in total. The number of anilines is 1. The molecule has 2 bridgehead atoms. The highest BCUT2D eigenvalue weighted by atomic mass is 16.6. The molecule has 4 aliphatic rings.